The molecule has 0 saturated carbocycles. The molecule has 1 fully saturated rings. The Balaban J connectivity index is 1.46. The molecular weight excluding hydrogens is 365 g/mol. The van der Waals surface area contributed by atoms with Crippen LogP contribution in [-0.4, -0.2) is 34.8 Å². The number of fused-ring (bicyclic) bond motifs is 1. The molecule has 27 heavy (non-hydrogen) atoms. The highest BCUT2D eigenvalue weighted by atomic mass is 32.1. The summed E-state index contributed by atoms with van der Waals surface area (Å²) in [5, 5.41) is 3.99. The van der Waals surface area contributed by atoms with Crippen molar-refractivity contribution in [3.8, 4) is 10.6 Å². The summed E-state index contributed by atoms with van der Waals surface area (Å²) < 4.78 is 13.2. The molecule has 1 unspecified atom stereocenters. The number of carbonyl (C=O) groups is 2. The van der Waals surface area contributed by atoms with Gasteiger partial charge in [-0.2, -0.15) is 0 Å². The number of nitrogens with zero attached hydrogens (tertiary/aromatic N) is 2. The summed E-state index contributed by atoms with van der Waals surface area (Å²) in [6, 6.07) is 6.28. The number of hydrogen-bond donors (Lipinski definition) is 1. The number of rotatable bonds is 4. The first kappa shape index (κ1) is 17.9. The van der Waals surface area contributed by atoms with E-state index in [1.807, 2.05) is 0 Å². The molecule has 1 aliphatic heterocycles. The molecule has 7 heteroatoms. The molecular formula is C20H20FN3O2S. The number of aromatic nitrogens is 1. The van der Waals surface area contributed by atoms with E-state index in [4.69, 9.17) is 4.98 Å². The van der Waals surface area contributed by atoms with Gasteiger partial charge < -0.3 is 10.2 Å². The van der Waals surface area contributed by atoms with Crippen LogP contribution < -0.4 is 5.32 Å². The Hall–Kier alpha value is -2.54. The van der Waals surface area contributed by atoms with Crippen LogP contribution in [0.2, 0.25) is 0 Å². The maximum absolute atomic E-state index is 13.2. The number of hydrogen-bond acceptors (Lipinski definition) is 4. The third-order valence-corrected chi connectivity index (χ3v) is 6.36. The number of benzene rings is 1. The van der Waals surface area contributed by atoms with Crippen molar-refractivity contribution in [2.75, 3.05) is 13.1 Å². The minimum Gasteiger partial charge on any atom is -0.348 e. The van der Waals surface area contributed by atoms with E-state index in [0.29, 0.717) is 13.1 Å². The highest BCUT2D eigenvalue weighted by Gasteiger charge is 2.36. The monoisotopic (exact) mass is 385 g/mol. The quantitative estimate of drug-likeness (QED) is 0.823. The molecule has 1 aromatic heterocycles. The van der Waals surface area contributed by atoms with Crippen molar-refractivity contribution in [2.45, 2.75) is 25.3 Å². The molecule has 0 bridgehead atoms. The number of carbonyl (C=O) groups excluding carboxylic acids is 2. The highest BCUT2D eigenvalue weighted by Crippen LogP contribution is 2.38. The maximum atomic E-state index is 13.2. The number of nitrogens with one attached hydrogen (secondary N) is 1. The van der Waals surface area contributed by atoms with Crippen LogP contribution in [0.15, 0.2) is 36.9 Å². The average Bonchev–Trinajstić information content (AvgIpc) is 3.06. The van der Waals surface area contributed by atoms with Crippen LogP contribution in [-0.2, 0) is 16.0 Å². The number of thiazole rings is 1. The lowest BCUT2D eigenvalue weighted by atomic mass is 9.95. The van der Waals surface area contributed by atoms with Gasteiger partial charge in [0.2, 0.25) is 11.8 Å². The second-order valence-electron chi connectivity index (χ2n) is 6.93. The van der Waals surface area contributed by atoms with Crippen LogP contribution in [0.3, 0.4) is 0 Å². The molecule has 5 nitrogen and oxygen atoms in total. The molecule has 0 spiro atoms. The van der Waals surface area contributed by atoms with E-state index in [1.54, 1.807) is 28.4 Å². The van der Waals surface area contributed by atoms with Gasteiger partial charge >= 0.3 is 0 Å². The van der Waals surface area contributed by atoms with Crippen molar-refractivity contribution in [3.05, 3.63) is 53.3 Å². The van der Waals surface area contributed by atoms with Crippen LogP contribution >= 0.6 is 11.3 Å². The van der Waals surface area contributed by atoms with Gasteiger partial charge in [0.05, 0.1) is 22.5 Å². The summed E-state index contributed by atoms with van der Waals surface area (Å²) in [6.07, 6.45) is 4.02. The Morgan fingerprint density at radius 3 is 2.74 bits per heavy atom. The Kier molecular flexibility index (Phi) is 4.78. The van der Waals surface area contributed by atoms with Crippen molar-refractivity contribution < 1.29 is 14.0 Å². The second kappa shape index (κ2) is 7.23. The standard InChI is InChI=1S/C20H20FN3O2S/c1-2-17(25)24-10-13(11-24)19(26)22-15-4-3-5-16-18(15)27-20(23-16)12-6-8-14(21)9-7-12/h2,6-9,13,15H,1,3-5,10-11H2,(H,22,26). The topological polar surface area (TPSA) is 62.3 Å². The van der Waals surface area contributed by atoms with Crippen LogP contribution in [0.1, 0.15) is 29.5 Å². The van der Waals surface area contributed by atoms with Gasteiger partial charge in [0.1, 0.15) is 10.8 Å². The van der Waals surface area contributed by atoms with E-state index in [0.717, 1.165) is 40.4 Å². The van der Waals surface area contributed by atoms with E-state index in [2.05, 4.69) is 11.9 Å². The fraction of sp³-hybridized carbons (Fsp3) is 0.350. The fourth-order valence-corrected chi connectivity index (χ4v) is 4.72. The fourth-order valence-electron chi connectivity index (χ4n) is 3.52. The summed E-state index contributed by atoms with van der Waals surface area (Å²) in [7, 11) is 0. The zero-order valence-corrected chi connectivity index (χ0v) is 15.6. The second-order valence-corrected chi connectivity index (χ2v) is 7.97. The molecule has 1 aliphatic carbocycles. The average molecular weight is 385 g/mol. The van der Waals surface area contributed by atoms with E-state index < -0.39 is 0 Å². The Morgan fingerprint density at radius 2 is 2.04 bits per heavy atom. The summed E-state index contributed by atoms with van der Waals surface area (Å²) in [6.45, 7) is 4.35. The van der Waals surface area contributed by atoms with Gasteiger partial charge in [-0.3, -0.25) is 9.59 Å². The van der Waals surface area contributed by atoms with Crippen molar-refractivity contribution in [2.24, 2.45) is 5.92 Å². The number of halogens is 1. The molecule has 1 atom stereocenters. The van der Waals surface area contributed by atoms with Crippen molar-refractivity contribution in [1.29, 1.82) is 0 Å². The van der Waals surface area contributed by atoms with Crippen LogP contribution in [0.25, 0.3) is 10.6 Å². The zero-order valence-electron chi connectivity index (χ0n) is 14.8. The normalized spacial score (nSPS) is 19.1. The number of amides is 2. The van der Waals surface area contributed by atoms with Crippen molar-refractivity contribution >= 4 is 23.2 Å². The van der Waals surface area contributed by atoms with Gasteiger partial charge in [0.15, 0.2) is 0 Å². The van der Waals surface area contributed by atoms with Gasteiger partial charge in [-0.05, 0) is 49.6 Å². The molecule has 1 saturated heterocycles. The summed E-state index contributed by atoms with van der Waals surface area (Å²) in [5.74, 6) is -0.582. The third-order valence-electron chi connectivity index (χ3n) is 5.10. The largest absolute Gasteiger partial charge is 0.348 e. The Morgan fingerprint density at radius 1 is 1.30 bits per heavy atom. The maximum Gasteiger partial charge on any atom is 0.246 e. The molecule has 1 aromatic carbocycles. The molecule has 4 rings (SSSR count). The number of aryl methyl sites for hydroxylation is 1. The lowest BCUT2D eigenvalue weighted by Gasteiger charge is -2.38. The highest BCUT2D eigenvalue weighted by molar-refractivity contribution is 7.15. The molecule has 2 aromatic rings. The van der Waals surface area contributed by atoms with Crippen LogP contribution in [0.4, 0.5) is 4.39 Å². The van der Waals surface area contributed by atoms with Gasteiger partial charge in [0.25, 0.3) is 0 Å². The molecule has 140 valence electrons. The summed E-state index contributed by atoms with van der Waals surface area (Å²) >= 11 is 1.56. The predicted octanol–water partition coefficient (Wildman–Crippen LogP) is 3.09. The van der Waals surface area contributed by atoms with Gasteiger partial charge in [-0.25, -0.2) is 9.37 Å². The summed E-state index contributed by atoms with van der Waals surface area (Å²) in [5.41, 5.74) is 1.91. The van der Waals surface area contributed by atoms with Crippen molar-refractivity contribution in [1.82, 2.24) is 15.2 Å². The first-order valence-electron chi connectivity index (χ1n) is 9.02. The molecule has 1 N–H and O–H groups in total. The van der Waals surface area contributed by atoms with Crippen molar-refractivity contribution in [3.63, 3.8) is 0 Å². The third kappa shape index (κ3) is 3.51. The summed E-state index contributed by atoms with van der Waals surface area (Å²) in [4.78, 5) is 31.5. The van der Waals surface area contributed by atoms with Gasteiger partial charge in [-0.15, -0.1) is 11.3 Å². The number of likely N-dealkylation sites (tertiary alicyclic amines) is 1. The molecule has 2 aliphatic rings. The molecule has 2 heterocycles. The van der Waals surface area contributed by atoms with Crippen LogP contribution in [0.5, 0.6) is 0 Å². The van der Waals surface area contributed by atoms with E-state index >= 15 is 0 Å². The Labute approximate surface area is 160 Å². The zero-order chi connectivity index (χ0) is 19.0. The van der Waals surface area contributed by atoms with E-state index in [-0.39, 0.29) is 29.6 Å². The minimum atomic E-state index is -0.269. The molecule has 2 amide bonds. The lowest BCUT2D eigenvalue weighted by Crippen LogP contribution is -2.55. The van der Waals surface area contributed by atoms with Gasteiger partial charge in [-0.1, -0.05) is 6.58 Å². The SMILES string of the molecule is C=CC(=O)N1CC(C(=O)NC2CCCc3nc(-c4ccc(F)cc4)sc32)C1. The van der Waals surface area contributed by atoms with Crippen LogP contribution in [0, 0.1) is 11.7 Å². The van der Waals surface area contributed by atoms with E-state index in [9.17, 15) is 14.0 Å². The van der Waals surface area contributed by atoms with E-state index in [1.165, 1.54) is 18.2 Å². The first-order valence-corrected chi connectivity index (χ1v) is 9.84. The Bertz CT molecular complexity index is 887. The molecule has 0 radical (unpaired) electrons. The smallest absolute Gasteiger partial charge is 0.246 e. The van der Waals surface area contributed by atoms with Gasteiger partial charge in [0, 0.05) is 18.7 Å². The lowest BCUT2D eigenvalue weighted by molar-refractivity contribution is -0.139. The first-order chi connectivity index (χ1) is 13.0. The predicted molar refractivity (Wildman–Crippen MR) is 102 cm³/mol. The minimum absolute atomic E-state index is 0.0160.